The van der Waals surface area contributed by atoms with Crippen LogP contribution in [0.25, 0.3) is 22.3 Å². The van der Waals surface area contributed by atoms with Gasteiger partial charge in [0.05, 0.1) is 10.9 Å². The summed E-state index contributed by atoms with van der Waals surface area (Å²) in [4.78, 5) is 26.0. The smallest absolute Gasteiger partial charge is 0.344 e. The predicted octanol–water partition coefficient (Wildman–Crippen LogP) is 5.60. The summed E-state index contributed by atoms with van der Waals surface area (Å²) in [6, 6.07) is 20.0. The van der Waals surface area contributed by atoms with E-state index < -0.39 is 5.97 Å². The van der Waals surface area contributed by atoms with Gasteiger partial charge in [-0.25, -0.2) is 4.79 Å². The largest absolute Gasteiger partial charge is 0.452 e. The minimum absolute atomic E-state index is 0.0986. The quantitative estimate of drug-likeness (QED) is 0.431. The van der Waals surface area contributed by atoms with Crippen molar-refractivity contribution < 1.29 is 13.9 Å². The summed E-state index contributed by atoms with van der Waals surface area (Å²) in [5.41, 5.74) is 3.99. The number of rotatable bonds is 3. The Labute approximate surface area is 168 Å². The zero-order valence-electron chi connectivity index (χ0n) is 16.5. The second kappa shape index (κ2) is 7.40. The number of benzene rings is 3. The summed E-state index contributed by atoms with van der Waals surface area (Å²) in [5, 5.41) is 0.374. The molecule has 4 rings (SSSR count). The summed E-state index contributed by atoms with van der Waals surface area (Å²) < 4.78 is 11.7. The van der Waals surface area contributed by atoms with Crippen LogP contribution in [-0.2, 0) is 0 Å². The predicted molar refractivity (Wildman–Crippen MR) is 114 cm³/mol. The lowest BCUT2D eigenvalue weighted by Gasteiger charge is -2.12. The van der Waals surface area contributed by atoms with E-state index in [1.165, 1.54) is 0 Å². The zero-order chi connectivity index (χ0) is 20.5. The number of carbonyl (C=O) groups is 1. The van der Waals surface area contributed by atoms with Crippen molar-refractivity contribution in [2.45, 2.75) is 20.8 Å². The lowest BCUT2D eigenvalue weighted by molar-refractivity contribution is 0.0730. The molecule has 0 atom stereocenters. The molecule has 29 heavy (non-hydrogen) atoms. The van der Waals surface area contributed by atoms with Crippen LogP contribution in [0, 0.1) is 20.8 Å². The molecule has 4 heteroatoms. The molecule has 0 aliphatic carbocycles. The Kier molecular flexibility index (Phi) is 4.77. The van der Waals surface area contributed by atoms with Gasteiger partial charge in [0.2, 0.25) is 11.2 Å². The number of ether oxygens (including phenoxy) is 1. The molecular weight excluding hydrogens is 364 g/mol. The highest BCUT2D eigenvalue weighted by molar-refractivity contribution is 5.94. The van der Waals surface area contributed by atoms with E-state index in [0.717, 1.165) is 16.7 Å². The summed E-state index contributed by atoms with van der Waals surface area (Å²) in [7, 11) is 0. The van der Waals surface area contributed by atoms with Gasteiger partial charge in [0.15, 0.2) is 5.76 Å². The maximum atomic E-state index is 13.2. The minimum atomic E-state index is -0.588. The monoisotopic (exact) mass is 384 g/mol. The van der Waals surface area contributed by atoms with E-state index in [9.17, 15) is 9.59 Å². The molecule has 0 spiro atoms. The molecule has 4 nitrogen and oxygen atoms in total. The van der Waals surface area contributed by atoms with Crippen LogP contribution in [0.3, 0.4) is 0 Å². The van der Waals surface area contributed by atoms with E-state index in [0.29, 0.717) is 22.1 Å². The third-order valence-electron chi connectivity index (χ3n) is 4.88. The molecule has 144 valence electrons. The van der Waals surface area contributed by atoms with Crippen molar-refractivity contribution in [2.24, 2.45) is 0 Å². The van der Waals surface area contributed by atoms with Gasteiger partial charge >= 0.3 is 5.97 Å². The van der Waals surface area contributed by atoms with E-state index in [1.807, 2.05) is 63.2 Å². The van der Waals surface area contributed by atoms with Crippen LogP contribution in [-0.4, -0.2) is 5.97 Å². The molecule has 0 aliphatic rings. The molecule has 0 radical (unpaired) electrons. The van der Waals surface area contributed by atoms with Gasteiger partial charge in [-0.1, -0.05) is 54.1 Å². The molecule has 0 unspecified atom stereocenters. The van der Waals surface area contributed by atoms with Gasteiger partial charge in [0.25, 0.3) is 0 Å². The molecule has 0 amide bonds. The maximum absolute atomic E-state index is 13.2. The fourth-order valence-electron chi connectivity index (χ4n) is 3.22. The number of hydrogen-bond donors (Lipinski definition) is 0. The second-order valence-electron chi connectivity index (χ2n) is 7.16. The Hall–Kier alpha value is -3.66. The Morgan fingerprint density at radius 2 is 1.55 bits per heavy atom. The highest BCUT2D eigenvalue weighted by atomic mass is 16.5. The number of hydrogen-bond acceptors (Lipinski definition) is 4. The maximum Gasteiger partial charge on any atom is 0.344 e. The van der Waals surface area contributed by atoms with Crippen LogP contribution in [0.15, 0.2) is 75.9 Å². The molecule has 0 saturated carbocycles. The number of esters is 1. The van der Waals surface area contributed by atoms with Crippen LogP contribution in [0.5, 0.6) is 5.75 Å². The second-order valence-corrected chi connectivity index (χ2v) is 7.16. The van der Waals surface area contributed by atoms with Crippen LogP contribution < -0.4 is 10.2 Å². The first-order valence-corrected chi connectivity index (χ1v) is 9.36. The van der Waals surface area contributed by atoms with Gasteiger partial charge in [-0.15, -0.1) is 0 Å². The topological polar surface area (TPSA) is 56.5 Å². The fourth-order valence-corrected chi connectivity index (χ4v) is 3.22. The highest BCUT2D eigenvalue weighted by Gasteiger charge is 2.22. The third kappa shape index (κ3) is 3.57. The van der Waals surface area contributed by atoms with Gasteiger partial charge in [-0.05, 0) is 50.1 Å². The SMILES string of the molecule is Cc1ccc(-c2oc3cc(C)ccc3c(=O)c2OC(=O)c2ccccc2C)cc1. The number of fused-ring (bicyclic) bond motifs is 1. The average Bonchev–Trinajstić information content (AvgIpc) is 2.70. The molecule has 3 aromatic carbocycles. The molecule has 1 heterocycles. The highest BCUT2D eigenvalue weighted by Crippen LogP contribution is 2.32. The fraction of sp³-hybridized carbons (Fsp3) is 0.120. The van der Waals surface area contributed by atoms with Crippen LogP contribution in [0.2, 0.25) is 0 Å². The summed E-state index contributed by atoms with van der Waals surface area (Å²) in [6.07, 6.45) is 0. The molecule has 0 aliphatic heterocycles. The average molecular weight is 384 g/mol. The van der Waals surface area contributed by atoms with Crippen molar-refractivity contribution in [3.63, 3.8) is 0 Å². The zero-order valence-corrected chi connectivity index (χ0v) is 16.5. The third-order valence-corrected chi connectivity index (χ3v) is 4.88. The number of carbonyl (C=O) groups excluding carboxylic acids is 1. The van der Waals surface area contributed by atoms with Gasteiger partial charge in [0.1, 0.15) is 5.58 Å². The van der Waals surface area contributed by atoms with Gasteiger partial charge in [-0.2, -0.15) is 0 Å². The molecule has 0 fully saturated rings. The molecule has 0 N–H and O–H groups in total. The van der Waals surface area contributed by atoms with E-state index in [1.54, 1.807) is 24.3 Å². The van der Waals surface area contributed by atoms with Crippen molar-refractivity contribution in [3.05, 3.63) is 99.2 Å². The van der Waals surface area contributed by atoms with Crippen molar-refractivity contribution in [2.75, 3.05) is 0 Å². The lowest BCUT2D eigenvalue weighted by Crippen LogP contribution is -2.17. The summed E-state index contributed by atoms with van der Waals surface area (Å²) >= 11 is 0. The van der Waals surface area contributed by atoms with E-state index in [-0.39, 0.29) is 16.9 Å². The molecular formula is C25H20O4. The summed E-state index contributed by atoms with van der Waals surface area (Å²) in [6.45, 7) is 5.73. The first-order valence-electron chi connectivity index (χ1n) is 9.36. The van der Waals surface area contributed by atoms with E-state index in [4.69, 9.17) is 9.15 Å². The standard InChI is InChI=1S/C25H20O4/c1-15-8-11-18(12-9-15)23-24(29-25(27)19-7-5-4-6-17(19)3)22(26)20-13-10-16(2)14-21(20)28-23/h4-14H,1-3H3. The minimum Gasteiger partial charge on any atom is -0.452 e. The van der Waals surface area contributed by atoms with Crippen molar-refractivity contribution in [1.29, 1.82) is 0 Å². The van der Waals surface area contributed by atoms with E-state index >= 15 is 0 Å². The van der Waals surface area contributed by atoms with Gasteiger partial charge in [0, 0.05) is 5.56 Å². The Balaban J connectivity index is 1.92. The van der Waals surface area contributed by atoms with Gasteiger partial charge < -0.3 is 9.15 Å². The van der Waals surface area contributed by atoms with Crippen molar-refractivity contribution in [3.8, 4) is 17.1 Å². The molecule has 1 aromatic heterocycles. The first-order chi connectivity index (χ1) is 13.9. The Bertz CT molecular complexity index is 1280. The van der Waals surface area contributed by atoms with Crippen molar-refractivity contribution >= 4 is 16.9 Å². The number of aryl methyl sites for hydroxylation is 3. The van der Waals surface area contributed by atoms with Crippen LogP contribution in [0.4, 0.5) is 0 Å². The summed E-state index contributed by atoms with van der Waals surface area (Å²) in [5.74, 6) is -0.441. The Morgan fingerprint density at radius 3 is 2.28 bits per heavy atom. The molecule has 4 aromatic rings. The normalized spacial score (nSPS) is 10.9. The van der Waals surface area contributed by atoms with E-state index in [2.05, 4.69) is 0 Å². The van der Waals surface area contributed by atoms with Crippen LogP contribution in [0.1, 0.15) is 27.0 Å². The van der Waals surface area contributed by atoms with Gasteiger partial charge in [-0.3, -0.25) is 4.79 Å². The lowest BCUT2D eigenvalue weighted by atomic mass is 10.1. The first kappa shape index (κ1) is 18.7. The van der Waals surface area contributed by atoms with Crippen LogP contribution >= 0.6 is 0 Å². The van der Waals surface area contributed by atoms with Crippen molar-refractivity contribution in [1.82, 2.24) is 0 Å². The Morgan fingerprint density at radius 1 is 0.862 bits per heavy atom. The molecule has 0 bridgehead atoms. The molecule has 0 saturated heterocycles.